The highest BCUT2D eigenvalue weighted by atomic mass is 127. The van der Waals surface area contributed by atoms with E-state index in [1.165, 1.54) is 0 Å². The Bertz CT molecular complexity index is 869. The molecule has 6 nitrogen and oxygen atoms in total. The summed E-state index contributed by atoms with van der Waals surface area (Å²) in [5.41, 5.74) is 2.31. The maximum Gasteiger partial charge on any atom is 0.252 e. The normalized spacial score (nSPS) is 13.5. The Morgan fingerprint density at radius 2 is 1.89 bits per heavy atom. The van der Waals surface area contributed by atoms with Gasteiger partial charge in [-0.1, -0.05) is 24.3 Å². The molecule has 2 aromatic rings. The predicted molar refractivity (Wildman–Crippen MR) is 111 cm³/mol. The van der Waals surface area contributed by atoms with Crippen LogP contribution in [0.25, 0.3) is 0 Å². The summed E-state index contributed by atoms with van der Waals surface area (Å²) in [6.45, 7) is 0.987. The minimum absolute atomic E-state index is 0.0892. The van der Waals surface area contributed by atoms with Crippen molar-refractivity contribution in [1.82, 2.24) is 10.6 Å². The lowest BCUT2D eigenvalue weighted by Gasteiger charge is -2.16. The van der Waals surface area contributed by atoms with Gasteiger partial charge < -0.3 is 15.5 Å². The summed E-state index contributed by atoms with van der Waals surface area (Å²) >= 11 is 2.09. The monoisotopic (exact) mass is 477 g/mol. The highest BCUT2D eigenvalue weighted by Crippen LogP contribution is 2.22. The zero-order chi connectivity index (χ0) is 19.2. The van der Waals surface area contributed by atoms with Crippen LogP contribution in [-0.2, 0) is 16.1 Å². The van der Waals surface area contributed by atoms with E-state index in [4.69, 9.17) is 0 Å². The van der Waals surface area contributed by atoms with Crippen LogP contribution in [0.15, 0.2) is 48.5 Å². The van der Waals surface area contributed by atoms with Crippen LogP contribution in [-0.4, -0.2) is 30.8 Å². The molecule has 1 aliphatic heterocycles. The van der Waals surface area contributed by atoms with Gasteiger partial charge in [-0.2, -0.15) is 0 Å². The molecule has 1 fully saturated rings. The molecule has 3 rings (SSSR count). The number of carbonyl (C=O) groups is 3. The number of halogens is 1. The molecule has 27 heavy (non-hydrogen) atoms. The molecular weight excluding hydrogens is 457 g/mol. The van der Waals surface area contributed by atoms with Crippen molar-refractivity contribution in [2.75, 3.05) is 18.0 Å². The van der Waals surface area contributed by atoms with E-state index < -0.39 is 0 Å². The number of benzene rings is 2. The van der Waals surface area contributed by atoms with Crippen LogP contribution in [0.5, 0.6) is 0 Å². The lowest BCUT2D eigenvalue weighted by Crippen LogP contribution is -2.36. The van der Waals surface area contributed by atoms with E-state index in [2.05, 4.69) is 33.2 Å². The number of anilines is 1. The van der Waals surface area contributed by atoms with Gasteiger partial charge in [0, 0.05) is 28.8 Å². The predicted octanol–water partition coefficient (Wildman–Crippen LogP) is 2.46. The molecule has 0 unspecified atom stereocenters. The lowest BCUT2D eigenvalue weighted by molar-refractivity contribution is -0.120. The summed E-state index contributed by atoms with van der Waals surface area (Å²) in [6.07, 6.45) is 1.46. The molecule has 0 aromatic heterocycles. The fourth-order valence-electron chi connectivity index (χ4n) is 2.92. The van der Waals surface area contributed by atoms with Gasteiger partial charge in [-0.25, -0.2) is 0 Å². The van der Waals surface area contributed by atoms with Gasteiger partial charge in [-0.15, -0.1) is 0 Å². The largest absolute Gasteiger partial charge is 0.350 e. The van der Waals surface area contributed by atoms with Gasteiger partial charge in [0.15, 0.2) is 0 Å². The minimum Gasteiger partial charge on any atom is -0.350 e. The summed E-state index contributed by atoms with van der Waals surface area (Å²) < 4.78 is 0.835. The molecule has 0 saturated carbocycles. The molecule has 1 saturated heterocycles. The standard InChI is InChI=1S/C20H20IN3O3/c21-17-8-2-1-7-16(17)20(27)23-13-18(25)22-12-14-5-3-6-15(11-14)24-10-4-9-19(24)26/h1-3,5-8,11H,4,9-10,12-13H2,(H,22,25)(H,23,27). The van der Waals surface area contributed by atoms with Crippen LogP contribution >= 0.6 is 22.6 Å². The molecule has 1 heterocycles. The van der Waals surface area contributed by atoms with Crippen molar-refractivity contribution in [3.63, 3.8) is 0 Å². The molecule has 0 aliphatic carbocycles. The van der Waals surface area contributed by atoms with Crippen molar-refractivity contribution in [2.45, 2.75) is 19.4 Å². The third-order valence-corrected chi connectivity index (χ3v) is 5.25. The van der Waals surface area contributed by atoms with Gasteiger partial charge in [0.25, 0.3) is 5.91 Å². The molecular formula is C20H20IN3O3. The number of carbonyl (C=O) groups excluding carboxylic acids is 3. The first-order chi connectivity index (χ1) is 13.0. The molecule has 0 atom stereocenters. The van der Waals surface area contributed by atoms with E-state index in [-0.39, 0.29) is 24.3 Å². The molecule has 7 heteroatoms. The van der Waals surface area contributed by atoms with Gasteiger partial charge in [-0.05, 0) is 58.8 Å². The zero-order valence-electron chi connectivity index (χ0n) is 14.7. The average molecular weight is 477 g/mol. The Morgan fingerprint density at radius 1 is 1.07 bits per heavy atom. The fraction of sp³-hybridized carbons (Fsp3) is 0.250. The maximum absolute atomic E-state index is 12.1. The highest BCUT2D eigenvalue weighted by Gasteiger charge is 2.21. The number of nitrogens with zero attached hydrogens (tertiary/aromatic N) is 1. The quantitative estimate of drug-likeness (QED) is 0.628. The summed E-state index contributed by atoms with van der Waals surface area (Å²) in [5, 5.41) is 5.42. The van der Waals surface area contributed by atoms with E-state index in [0.29, 0.717) is 18.5 Å². The number of hydrogen-bond donors (Lipinski definition) is 2. The van der Waals surface area contributed by atoms with Crippen molar-refractivity contribution < 1.29 is 14.4 Å². The summed E-state index contributed by atoms with van der Waals surface area (Å²) in [6, 6.07) is 14.8. The molecule has 140 valence electrons. The van der Waals surface area contributed by atoms with E-state index in [9.17, 15) is 14.4 Å². The fourth-order valence-corrected chi connectivity index (χ4v) is 3.55. The number of rotatable bonds is 6. The van der Waals surface area contributed by atoms with Gasteiger partial charge >= 0.3 is 0 Å². The maximum atomic E-state index is 12.1. The van der Waals surface area contributed by atoms with Crippen molar-refractivity contribution in [1.29, 1.82) is 0 Å². The Labute approximate surface area is 171 Å². The molecule has 3 amide bonds. The average Bonchev–Trinajstić information content (AvgIpc) is 3.11. The van der Waals surface area contributed by atoms with Crippen LogP contribution in [0.3, 0.4) is 0 Å². The third-order valence-electron chi connectivity index (χ3n) is 4.31. The lowest BCUT2D eigenvalue weighted by atomic mass is 10.2. The first kappa shape index (κ1) is 19.3. The Balaban J connectivity index is 1.50. The molecule has 0 spiro atoms. The number of nitrogens with one attached hydrogen (secondary N) is 2. The van der Waals surface area contributed by atoms with E-state index in [1.807, 2.05) is 36.4 Å². The Kier molecular flexibility index (Phi) is 6.44. The van der Waals surface area contributed by atoms with Crippen LogP contribution in [0.4, 0.5) is 5.69 Å². The number of hydrogen-bond acceptors (Lipinski definition) is 3. The smallest absolute Gasteiger partial charge is 0.252 e. The van der Waals surface area contributed by atoms with Crippen LogP contribution in [0.2, 0.25) is 0 Å². The summed E-state index contributed by atoms with van der Waals surface area (Å²) in [7, 11) is 0. The van der Waals surface area contributed by atoms with Gasteiger partial charge in [-0.3, -0.25) is 14.4 Å². The molecule has 0 radical (unpaired) electrons. The first-order valence-electron chi connectivity index (χ1n) is 8.73. The zero-order valence-corrected chi connectivity index (χ0v) is 16.9. The topological polar surface area (TPSA) is 78.5 Å². The van der Waals surface area contributed by atoms with Crippen molar-refractivity contribution in [2.24, 2.45) is 0 Å². The van der Waals surface area contributed by atoms with Crippen LogP contribution in [0.1, 0.15) is 28.8 Å². The van der Waals surface area contributed by atoms with Gasteiger partial charge in [0.2, 0.25) is 11.8 Å². The van der Waals surface area contributed by atoms with Crippen molar-refractivity contribution in [3.8, 4) is 0 Å². The molecule has 2 aromatic carbocycles. The van der Waals surface area contributed by atoms with Gasteiger partial charge in [0.05, 0.1) is 12.1 Å². The molecule has 2 N–H and O–H groups in total. The summed E-state index contributed by atoms with van der Waals surface area (Å²) in [5.74, 6) is -0.406. The van der Waals surface area contributed by atoms with Crippen molar-refractivity contribution in [3.05, 3.63) is 63.2 Å². The molecule has 0 bridgehead atoms. The highest BCUT2D eigenvalue weighted by molar-refractivity contribution is 14.1. The second-order valence-electron chi connectivity index (χ2n) is 6.26. The van der Waals surface area contributed by atoms with E-state index in [1.54, 1.807) is 17.0 Å². The van der Waals surface area contributed by atoms with Crippen molar-refractivity contribution >= 4 is 46.0 Å². The summed E-state index contributed by atoms with van der Waals surface area (Å²) in [4.78, 5) is 37.8. The van der Waals surface area contributed by atoms with Crippen LogP contribution in [0, 0.1) is 3.57 Å². The SMILES string of the molecule is O=C(CNC(=O)c1ccccc1I)NCc1cccc(N2CCCC2=O)c1. The second kappa shape index (κ2) is 8.98. The third kappa shape index (κ3) is 5.06. The minimum atomic E-state index is -0.273. The Morgan fingerprint density at radius 3 is 2.63 bits per heavy atom. The molecule has 1 aliphatic rings. The van der Waals surface area contributed by atoms with E-state index in [0.717, 1.165) is 27.8 Å². The Hall–Kier alpha value is -2.42. The number of amides is 3. The first-order valence-corrected chi connectivity index (χ1v) is 9.81. The van der Waals surface area contributed by atoms with E-state index >= 15 is 0 Å². The van der Waals surface area contributed by atoms with Crippen LogP contribution < -0.4 is 15.5 Å². The second-order valence-corrected chi connectivity index (χ2v) is 7.42. The van der Waals surface area contributed by atoms with Gasteiger partial charge in [0.1, 0.15) is 0 Å².